The minimum absolute atomic E-state index is 0.237. The molecule has 0 bridgehead atoms. The molecule has 0 spiro atoms. The van der Waals surface area contributed by atoms with Crippen molar-refractivity contribution >= 4 is 10.0 Å². The van der Waals surface area contributed by atoms with Crippen LogP contribution in [0.15, 0.2) is 70.1 Å². The molecule has 1 aromatic heterocycles. The molecule has 3 rings (SSSR count). The number of aromatic nitrogens is 1. The lowest BCUT2D eigenvalue weighted by atomic mass is 10.2. The van der Waals surface area contributed by atoms with Crippen molar-refractivity contribution < 1.29 is 12.8 Å². The number of nitrogens with zero attached hydrogens (tertiary/aromatic N) is 2. The summed E-state index contributed by atoms with van der Waals surface area (Å²) in [6.07, 6.45) is 1.66. The molecular weight excluding hydrogens is 312 g/mol. The molecule has 0 aliphatic rings. The van der Waals surface area contributed by atoms with Gasteiger partial charge in [0.2, 0.25) is 15.9 Å². The maximum absolute atomic E-state index is 12.1. The third-order valence-electron chi connectivity index (χ3n) is 3.44. The van der Waals surface area contributed by atoms with Crippen LogP contribution in [0.4, 0.5) is 0 Å². The molecule has 0 radical (unpaired) electrons. The molecule has 0 N–H and O–H groups in total. The summed E-state index contributed by atoms with van der Waals surface area (Å²) in [6, 6.07) is 16.2. The zero-order valence-corrected chi connectivity index (χ0v) is 13.6. The Balaban J connectivity index is 1.91. The summed E-state index contributed by atoms with van der Waals surface area (Å²) in [6.45, 7) is 0. The first-order valence-electron chi connectivity index (χ1n) is 7.03. The molecule has 0 aliphatic heterocycles. The largest absolute Gasteiger partial charge is 0.436 e. The van der Waals surface area contributed by atoms with Crippen LogP contribution in [0.25, 0.3) is 22.8 Å². The molecule has 0 aliphatic carbocycles. The van der Waals surface area contributed by atoms with E-state index in [0.29, 0.717) is 11.7 Å². The van der Waals surface area contributed by atoms with E-state index in [2.05, 4.69) is 4.98 Å². The van der Waals surface area contributed by atoms with Gasteiger partial charge in [0.05, 0.1) is 11.1 Å². The number of hydrogen-bond acceptors (Lipinski definition) is 4. The van der Waals surface area contributed by atoms with Gasteiger partial charge in [-0.15, -0.1) is 0 Å². The van der Waals surface area contributed by atoms with Gasteiger partial charge < -0.3 is 4.42 Å². The molecule has 0 saturated carbocycles. The average molecular weight is 328 g/mol. The lowest BCUT2D eigenvalue weighted by molar-refractivity contribution is 0.520. The molecule has 5 nitrogen and oxygen atoms in total. The molecule has 6 heteroatoms. The maximum atomic E-state index is 12.1. The van der Waals surface area contributed by atoms with E-state index in [0.717, 1.165) is 11.1 Å². The Labute approximate surface area is 135 Å². The SMILES string of the molecule is CN(C)S(=O)(=O)c1ccc(-c2ncc(-c3ccccc3)o2)cc1. The van der Waals surface area contributed by atoms with Gasteiger partial charge in [0, 0.05) is 25.2 Å². The zero-order chi connectivity index (χ0) is 16.4. The van der Waals surface area contributed by atoms with Crippen molar-refractivity contribution in [1.82, 2.24) is 9.29 Å². The van der Waals surface area contributed by atoms with Crippen LogP contribution in [0.1, 0.15) is 0 Å². The fourth-order valence-corrected chi connectivity index (χ4v) is 3.03. The van der Waals surface area contributed by atoms with Crippen molar-refractivity contribution in [2.24, 2.45) is 0 Å². The normalized spacial score (nSPS) is 11.8. The van der Waals surface area contributed by atoms with E-state index in [1.807, 2.05) is 30.3 Å². The van der Waals surface area contributed by atoms with Crippen molar-refractivity contribution in [1.29, 1.82) is 0 Å². The van der Waals surface area contributed by atoms with Crippen molar-refractivity contribution in [3.63, 3.8) is 0 Å². The standard InChI is InChI=1S/C17H16N2O3S/c1-19(2)23(20,21)15-10-8-14(9-11-15)17-18-12-16(22-17)13-6-4-3-5-7-13/h3-12H,1-2H3. The second-order valence-electron chi connectivity index (χ2n) is 5.21. The smallest absolute Gasteiger partial charge is 0.242 e. The molecule has 0 unspecified atom stereocenters. The Morgan fingerprint density at radius 1 is 0.913 bits per heavy atom. The lowest BCUT2D eigenvalue weighted by Gasteiger charge is -2.11. The van der Waals surface area contributed by atoms with Crippen LogP contribution in [0.2, 0.25) is 0 Å². The topological polar surface area (TPSA) is 63.4 Å². The molecule has 0 saturated heterocycles. The van der Waals surface area contributed by atoms with Crippen molar-refractivity contribution in [3.8, 4) is 22.8 Å². The fourth-order valence-electron chi connectivity index (χ4n) is 2.12. The predicted octanol–water partition coefficient (Wildman–Crippen LogP) is 3.26. The number of benzene rings is 2. The van der Waals surface area contributed by atoms with Crippen LogP contribution in [0, 0.1) is 0 Å². The van der Waals surface area contributed by atoms with E-state index in [1.165, 1.54) is 18.4 Å². The second-order valence-corrected chi connectivity index (χ2v) is 7.36. The molecule has 118 valence electrons. The van der Waals surface area contributed by atoms with Gasteiger partial charge in [0.25, 0.3) is 0 Å². The molecule has 0 fully saturated rings. The highest BCUT2D eigenvalue weighted by molar-refractivity contribution is 7.89. The van der Waals surface area contributed by atoms with Crippen LogP contribution in [0.3, 0.4) is 0 Å². The Morgan fingerprint density at radius 2 is 1.57 bits per heavy atom. The second kappa shape index (κ2) is 5.98. The number of sulfonamides is 1. The first-order valence-corrected chi connectivity index (χ1v) is 8.47. The summed E-state index contributed by atoms with van der Waals surface area (Å²) in [7, 11) is -0.424. The summed E-state index contributed by atoms with van der Waals surface area (Å²) in [5.41, 5.74) is 1.67. The van der Waals surface area contributed by atoms with E-state index in [-0.39, 0.29) is 4.90 Å². The molecule has 0 atom stereocenters. The third-order valence-corrected chi connectivity index (χ3v) is 5.27. The quantitative estimate of drug-likeness (QED) is 0.737. The van der Waals surface area contributed by atoms with Crippen LogP contribution in [-0.4, -0.2) is 31.8 Å². The van der Waals surface area contributed by atoms with Crippen molar-refractivity contribution in [2.45, 2.75) is 4.90 Å². The summed E-state index contributed by atoms with van der Waals surface area (Å²) in [5, 5.41) is 0. The zero-order valence-electron chi connectivity index (χ0n) is 12.8. The molecule has 23 heavy (non-hydrogen) atoms. The average Bonchev–Trinajstić information content (AvgIpc) is 3.05. The lowest BCUT2D eigenvalue weighted by Crippen LogP contribution is -2.22. The van der Waals surface area contributed by atoms with Crippen LogP contribution < -0.4 is 0 Å². The van der Waals surface area contributed by atoms with Gasteiger partial charge in [-0.25, -0.2) is 17.7 Å². The molecule has 2 aromatic carbocycles. The van der Waals surface area contributed by atoms with E-state index in [4.69, 9.17) is 4.42 Å². The third kappa shape index (κ3) is 3.04. The van der Waals surface area contributed by atoms with Gasteiger partial charge in [-0.05, 0) is 24.3 Å². The van der Waals surface area contributed by atoms with Crippen LogP contribution >= 0.6 is 0 Å². The highest BCUT2D eigenvalue weighted by Gasteiger charge is 2.17. The number of oxazole rings is 1. The van der Waals surface area contributed by atoms with Crippen LogP contribution in [0.5, 0.6) is 0 Å². The molecule has 0 amide bonds. The minimum Gasteiger partial charge on any atom is -0.436 e. The molecule has 3 aromatic rings. The monoisotopic (exact) mass is 328 g/mol. The first kappa shape index (κ1) is 15.5. The minimum atomic E-state index is -3.43. The number of hydrogen-bond donors (Lipinski definition) is 0. The Bertz CT molecular complexity index is 899. The summed E-state index contributed by atoms with van der Waals surface area (Å²) >= 11 is 0. The van der Waals surface area contributed by atoms with Crippen molar-refractivity contribution in [3.05, 3.63) is 60.8 Å². The van der Waals surface area contributed by atoms with Gasteiger partial charge in [-0.3, -0.25) is 0 Å². The van der Waals surface area contributed by atoms with Gasteiger partial charge in [-0.2, -0.15) is 0 Å². The van der Waals surface area contributed by atoms with E-state index in [9.17, 15) is 8.42 Å². The van der Waals surface area contributed by atoms with Gasteiger partial charge >= 0.3 is 0 Å². The highest BCUT2D eigenvalue weighted by atomic mass is 32.2. The summed E-state index contributed by atoms with van der Waals surface area (Å²) in [4.78, 5) is 4.50. The van der Waals surface area contributed by atoms with E-state index < -0.39 is 10.0 Å². The summed E-state index contributed by atoms with van der Waals surface area (Å²) in [5.74, 6) is 1.13. The van der Waals surface area contributed by atoms with E-state index in [1.54, 1.807) is 30.5 Å². The maximum Gasteiger partial charge on any atom is 0.242 e. The fraction of sp³-hybridized carbons (Fsp3) is 0.118. The van der Waals surface area contributed by atoms with Gasteiger partial charge in [0.1, 0.15) is 0 Å². The first-order chi connectivity index (χ1) is 11.0. The Kier molecular flexibility index (Phi) is 4.02. The van der Waals surface area contributed by atoms with Gasteiger partial charge in [-0.1, -0.05) is 30.3 Å². The predicted molar refractivity (Wildman–Crippen MR) is 88.2 cm³/mol. The Morgan fingerprint density at radius 3 is 2.17 bits per heavy atom. The molecule has 1 heterocycles. The Hall–Kier alpha value is -2.44. The van der Waals surface area contributed by atoms with Crippen LogP contribution in [-0.2, 0) is 10.0 Å². The van der Waals surface area contributed by atoms with E-state index >= 15 is 0 Å². The van der Waals surface area contributed by atoms with Crippen molar-refractivity contribution in [2.75, 3.05) is 14.1 Å². The number of rotatable bonds is 4. The molecular formula is C17H16N2O3S. The van der Waals surface area contributed by atoms with Gasteiger partial charge in [0.15, 0.2) is 5.76 Å². The highest BCUT2D eigenvalue weighted by Crippen LogP contribution is 2.26. The summed E-state index contributed by atoms with van der Waals surface area (Å²) < 4.78 is 31.1.